The molecule has 0 bridgehead atoms. The van der Waals surface area contributed by atoms with E-state index < -0.39 is 0 Å². The molecule has 2 unspecified atom stereocenters. The van der Waals surface area contributed by atoms with Crippen LogP contribution in [0.3, 0.4) is 0 Å². The summed E-state index contributed by atoms with van der Waals surface area (Å²) in [6, 6.07) is 0.446. The zero-order valence-corrected chi connectivity index (χ0v) is 7.62. The maximum atomic E-state index is 11.1. The van der Waals surface area contributed by atoms with Crippen LogP contribution in [0.25, 0.3) is 0 Å². The summed E-state index contributed by atoms with van der Waals surface area (Å²) in [6.07, 6.45) is 1.50. The number of carbonyl (C=O) groups excluding carboxylic acids is 1. The van der Waals surface area contributed by atoms with Crippen LogP contribution in [0.15, 0.2) is 0 Å². The van der Waals surface area contributed by atoms with E-state index in [-0.39, 0.29) is 18.2 Å². The molecular weight excluding hydrogens is 156 g/mol. The van der Waals surface area contributed by atoms with E-state index in [9.17, 15) is 4.79 Å². The molecule has 1 fully saturated rings. The Morgan fingerprint density at radius 2 is 2.33 bits per heavy atom. The molecule has 1 saturated heterocycles. The summed E-state index contributed by atoms with van der Waals surface area (Å²) in [7, 11) is 1.41. The van der Waals surface area contributed by atoms with E-state index in [0.717, 1.165) is 19.4 Å². The highest BCUT2D eigenvalue weighted by Gasteiger charge is 2.27. The van der Waals surface area contributed by atoms with Gasteiger partial charge in [-0.1, -0.05) is 0 Å². The van der Waals surface area contributed by atoms with E-state index in [1.54, 1.807) is 4.90 Å². The molecule has 0 aliphatic carbocycles. The highest BCUT2D eigenvalue weighted by Crippen LogP contribution is 2.16. The van der Waals surface area contributed by atoms with Crippen LogP contribution in [0.4, 0.5) is 4.79 Å². The summed E-state index contributed by atoms with van der Waals surface area (Å²) in [6.45, 7) is 2.71. The van der Waals surface area contributed by atoms with Crippen molar-refractivity contribution < 1.29 is 9.53 Å². The summed E-state index contributed by atoms with van der Waals surface area (Å²) >= 11 is 0. The fraction of sp³-hybridized carbons (Fsp3) is 0.875. The van der Waals surface area contributed by atoms with E-state index in [0.29, 0.717) is 0 Å². The molecule has 1 rings (SSSR count). The van der Waals surface area contributed by atoms with Gasteiger partial charge < -0.3 is 15.4 Å². The maximum Gasteiger partial charge on any atom is 0.409 e. The van der Waals surface area contributed by atoms with Gasteiger partial charge in [0, 0.05) is 18.6 Å². The van der Waals surface area contributed by atoms with Crippen molar-refractivity contribution in [2.24, 2.45) is 5.73 Å². The fourth-order valence-electron chi connectivity index (χ4n) is 1.60. The summed E-state index contributed by atoms with van der Waals surface area (Å²) in [5, 5.41) is 0. The third-order valence-corrected chi connectivity index (χ3v) is 2.33. The zero-order valence-electron chi connectivity index (χ0n) is 7.62. The topological polar surface area (TPSA) is 55.6 Å². The first-order valence-corrected chi connectivity index (χ1v) is 4.25. The highest BCUT2D eigenvalue weighted by atomic mass is 16.5. The van der Waals surface area contributed by atoms with Gasteiger partial charge in [-0.05, 0) is 19.8 Å². The molecule has 4 heteroatoms. The van der Waals surface area contributed by atoms with Crippen molar-refractivity contribution >= 4 is 6.09 Å². The Hall–Kier alpha value is -0.770. The lowest BCUT2D eigenvalue weighted by Gasteiger charge is -2.35. The lowest BCUT2D eigenvalue weighted by atomic mass is 10.00. The fourth-order valence-corrected chi connectivity index (χ4v) is 1.60. The normalized spacial score (nSPS) is 30.1. The number of nitrogens with zero attached hydrogens (tertiary/aromatic N) is 1. The summed E-state index contributed by atoms with van der Waals surface area (Å²) in [4.78, 5) is 12.9. The van der Waals surface area contributed by atoms with Gasteiger partial charge in [-0.25, -0.2) is 4.79 Å². The quantitative estimate of drug-likeness (QED) is 0.581. The molecule has 2 N–H and O–H groups in total. The molecular formula is C8H16N2O2. The largest absolute Gasteiger partial charge is 0.453 e. The predicted octanol–water partition coefficient (Wildman–Crippen LogP) is 0.564. The van der Waals surface area contributed by atoms with Gasteiger partial charge in [-0.2, -0.15) is 0 Å². The number of carbonyl (C=O) groups is 1. The monoisotopic (exact) mass is 172 g/mol. The van der Waals surface area contributed by atoms with E-state index in [1.165, 1.54) is 7.11 Å². The van der Waals surface area contributed by atoms with Gasteiger partial charge in [0.05, 0.1) is 7.11 Å². The molecule has 12 heavy (non-hydrogen) atoms. The predicted molar refractivity (Wildman–Crippen MR) is 45.8 cm³/mol. The van der Waals surface area contributed by atoms with E-state index in [2.05, 4.69) is 4.74 Å². The standard InChI is InChI=1S/C8H16N2O2/c1-6-5-7(9)3-4-10(6)8(11)12-2/h6-7H,3-5,9H2,1-2H3. The van der Waals surface area contributed by atoms with Crippen molar-refractivity contribution in [2.75, 3.05) is 13.7 Å². The molecule has 0 radical (unpaired) electrons. The van der Waals surface area contributed by atoms with Crippen molar-refractivity contribution in [2.45, 2.75) is 31.8 Å². The molecule has 70 valence electrons. The van der Waals surface area contributed by atoms with E-state index in [1.807, 2.05) is 6.92 Å². The number of ether oxygens (including phenoxy) is 1. The number of amides is 1. The van der Waals surface area contributed by atoms with E-state index >= 15 is 0 Å². The van der Waals surface area contributed by atoms with Gasteiger partial charge in [0.25, 0.3) is 0 Å². The minimum atomic E-state index is -0.241. The Morgan fingerprint density at radius 1 is 1.67 bits per heavy atom. The first kappa shape index (κ1) is 9.32. The van der Waals surface area contributed by atoms with Crippen LogP contribution in [0.1, 0.15) is 19.8 Å². The number of nitrogens with two attached hydrogens (primary N) is 1. The molecule has 1 heterocycles. The van der Waals surface area contributed by atoms with Crippen molar-refractivity contribution in [1.82, 2.24) is 4.90 Å². The molecule has 0 aromatic heterocycles. The van der Waals surface area contributed by atoms with Crippen LogP contribution < -0.4 is 5.73 Å². The summed E-state index contributed by atoms with van der Waals surface area (Å²) in [5.74, 6) is 0. The Morgan fingerprint density at radius 3 is 2.83 bits per heavy atom. The molecule has 2 atom stereocenters. The summed E-state index contributed by atoms with van der Waals surface area (Å²) < 4.78 is 4.64. The third kappa shape index (κ3) is 1.88. The minimum Gasteiger partial charge on any atom is -0.453 e. The number of hydrogen-bond acceptors (Lipinski definition) is 3. The van der Waals surface area contributed by atoms with Crippen LogP contribution in [0.2, 0.25) is 0 Å². The molecule has 0 aromatic carbocycles. The Bertz CT molecular complexity index is 172. The first-order valence-electron chi connectivity index (χ1n) is 4.25. The summed E-state index contributed by atoms with van der Waals surface area (Å²) in [5.41, 5.74) is 5.75. The Balaban J connectivity index is 2.50. The van der Waals surface area contributed by atoms with Gasteiger partial charge in [-0.15, -0.1) is 0 Å². The van der Waals surface area contributed by atoms with Crippen molar-refractivity contribution in [3.8, 4) is 0 Å². The molecule has 1 aliphatic rings. The Labute approximate surface area is 72.7 Å². The minimum absolute atomic E-state index is 0.209. The number of likely N-dealkylation sites (tertiary alicyclic amines) is 1. The van der Waals surface area contributed by atoms with Gasteiger partial charge in [0.15, 0.2) is 0 Å². The average Bonchev–Trinajstić information content (AvgIpc) is 2.03. The molecule has 1 aliphatic heterocycles. The SMILES string of the molecule is COC(=O)N1CCC(N)CC1C. The maximum absolute atomic E-state index is 11.1. The van der Waals surface area contributed by atoms with Crippen molar-refractivity contribution in [3.63, 3.8) is 0 Å². The number of rotatable bonds is 0. The molecule has 4 nitrogen and oxygen atoms in total. The van der Waals surface area contributed by atoms with E-state index in [4.69, 9.17) is 5.73 Å². The van der Waals surface area contributed by atoms with Crippen LogP contribution in [-0.2, 0) is 4.74 Å². The number of piperidine rings is 1. The third-order valence-electron chi connectivity index (χ3n) is 2.33. The van der Waals surface area contributed by atoms with Crippen LogP contribution in [0.5, 0.6) is 0 Å². The molecule has 0 aromatic rings. The second-order valence-corrected chi connectivity index (χ2v) is 3.30. The second kappa shape index (κ2) is 3.76. The van der Waals surface area contributed by atoms with Gasteiger partial charge >= 0.3 is 6.09 Å². The van der Waals surface area contributed by atoms with Crippen molar-refractivity contribution in [3.05, 3.63) is 0 Å². The lowest BCUT2D eigenvalue weighted by molar-refractivity contribution is 0.0904. The molecule has 1 amide bonds. The smallest absolute Gasteiger partial charge is 0.409 e. The van der Waals surface area contributed by atoms with Crippen LogP contribution >= 0.6 is 0 Å². The van der Waals surface area contributed by atoms with Crippen LogP contribution in [-0.4, -0.2) is 36.7 Å². The zero-order chi connectivity index (χ0) is 9.14. The lowest BCUT2D eigenvalue weighted by Crippen LogP contribution is -2.48. The first-order chi connectivity index (χ1) is 5.65. The number of methoxy groups -OCH3 is 1. The number of hydrogen-bond donors (Lipinski definition) is 1. The van der Waals surface area contributed by atoms with Crippen LogP contribution in [0, 0.1) is 0 Å². The van der Waals surface area contributed by atoms with Crippen molar-refractivity contribution in [1.29, 1.82) is 0 Å². The highest BCUT2D eigenvalue weighted by molar-refractivity contribution is 5.67. The van der Waals surface area contributed by atoms with Gasteiger partial charge in [-0.3, -0.25) is 0 Å². The Kier molecular flexibility index (Phi) is 2.92. The molecule has 0 spiro atoms. The van der Waals surface area contributed by atoms with Gasteiger partial charge in [0.2, 0.25) is 0 Å². The second-order valence-electron chi connectivity index (χ2n) is 3.30. The average molecular weight is 172 g/mol. The van der Waals surface area contributed by atoms with Gasteiger partial charge in [0.1, 0.15) is 0 Å². The molecule has 0 saturated carbocycles.